The van der Waals surface area contributed by atoms with Crippen molar-refractivity contribution in [2.24, 2.45) is 0 Å². The molecule has 26 heavy (non-hydrogen) atoms. The molecule has 2 rings (SSSR count). The van der Waals surface area contributed by atoms with Gasteiger partial charge < -0.3 is 18.7 Å². The number of hydrogen-bond acceptors (Lipinski definition) is 4. The standard InChI is InChI=1S/C21H34O4Si/c1-16-19(23-15-17-10-8-7-9-11-17)14-20(18(24-16)12-13-22)25-26(5,6)21(2,3)4/h7-11,13,16,18-20H,12,14-15H2,1-6H3/t16-,18+,19+,20-/m1/s1. The zero-order chi connectivity index (χ0) is 19.4. The second-order valence-corrected chi connectivity index (χ2v) is 13.5. The number of carbonyl (C=O) groups is 1. The van der Waals surface area contributed by atoms with E-state index < -0.39 is 8.32 Å². The minimum atomic E-state index is -1.95. The van der Waals surface area contributed by atoms with E-state index in [2.05, 4.69) is 46.0 Å². The summed E-state index contributed by atoms with van der Waals surface area (Å²) in [5, 5.41) is 0.113. The second-order valence-electron chi connectivity index (χ2n) is 8.77. The summed E-state index contributed by atoms with van der Waals surface area (Å²) in [6.07, 6.45) is 1.69. The first-order valence-electron chi connectivity index (χ1n) is 9.56. The van der Waals surface area contributed by atoms with Crippen LogP contribution in [-0.2, 0) is 25.3 Å². The molecule has 1 aliphatic heterocycles. The Morgan fingerprint density at radius 3 is 2.42 bits per heavy atom. The van der Waals surface area contributed by atoms with Crippen LogP contribution in [-0.4, -0.2) is 39.0 Å². The molecule has 0 N–H and O–H groups in total. The smallest absolute Gasteiger partial charge is 0.192 e. The van der Waals surface area contributed by atoms with E-state index in [0.717, 1.165) is 18.3 Å². The van der Waals surface area contributed by atoms with E-state index >= 15 is 0 Å². The average Bonchev–Trinajstić information content (AvgIpc) is 2.56. The Morgan fingerprint density at radius 1 is 1.19 bits per heavy atom. The Kier molecular flexibility index (Phi) is 7.19. The fourth-order valence-corrected chi connectivity index (χ4v) is 4.34. The van der Waals surface area contributed by atoms with Crippen LogP contribution in [0.5, 0.6) is 0 Å². The van der Waals surface area contributed by atoms with Crippen molar-refractivity contribution in [3.8, 4) is 0 Å². The predicted molar refractivity (Wildman–Crippen MR) is 107 cm³/mol. The topological polar surface area (TPSA) is 44.8 Å². The molecule has 1 aromatic carbocycles. The molecule has 0 aliphatic carbocycles. The Balaban J connectivity index is 2.06. The van der Waals surface area contributed by atoms with Crippen LogP contribution in [0.25, 0.3) is 0 Å². The van der Waals surface area contributed by atoms with Gasteiger partial charge in [0.2, 0.25) is 0 Å². The second kappa shape index (κ2) is 8.78. The minimum Gasteiger partial charge on any atom is -0.411 e. The van der Waals surface area contributed by atoms with Gasteiger partial charge in [-0.2, -0.15) is 0 Å². The molecule has 0 bridgehead atoms. The summed E-state index contributed by atoms with van der Waals surface area (Å²) in [6.45, 7) is 13.7. The highest BCUT2D eigenvalue weighted by Gasteiger charge is 2.44. The predicted octanol–water partition coefficient (Wildman–Crippen LogP) is 4.73. The van der Waals surface area contributed by atoms with Crippen LogP contribution in [0.15, 0.2) is 30.3 Å². The van der Waals surface area contributed by atoms with Crippen LogP contribution in [0.3, 0.4) is 0 Å². The minimum absolute atomic E-state index is 0.0344. The lowest BCUT2D eigenvalue weighted by molar-refractivity contribution is -0.178. The third-order valence-corrected chi connectivity index (χ3v) is 10.2. The number of hydrogen-bond donors (Lipinski definition) is 0. The van der Waals surface area contributed by atoms with Crippen molar-refractivity contribution in [1.82, 2.24) is 0 Å². The van der Waals surface area contributed by atoms with Crippen LogP contribution < -0.4 is 0 Å². The van der Waals surface area contributed by atoms with Gasteiger partial charge in [-0.3, -0.25) is 0 Å². The zero-order valence-electron chi connectivity index (χ0n) is 17.0. The molecule has 146 valence electrons. The molecule has 1 heterocycles. The molecule has 4 nitrogen and oxygen atoms in total. The van der Waals surface area contributed by atoms with Crippen molar-refractivity contribution < 1.29 is 18.7 Å². The first-order chi connectivity index (χ1) is 12.1. The van der Waals surface area contributed by atoms with Crippen molar-refractivity contribution in [3.63, 3.8) is 0 Å². The van der Waals surface area contributed by atoms with Crippen LogP contribution in [0.1, 0.15) is 46.1 Å². The summed E-state index contributed by atoms with van der Waals surface area (Å²) < 4.78 is 18.9. The monoisotopic (exact) mass is 378 g/mol. The largest absolute Gasteiger partial charge is 0.411 e. The Hall–Kier alpha value is -1.01. The van der Waals surface area contributed by atoms with Crippen molar-refractivity contribution in [1.29, 1.82) is 0 Å². The molecule has 0 saturated carbocycles. The van der Waals surface area contributed by atoms with Gasteiger partial charge in [-0.05, 0) is 30.6 Å². The molecule has 1 saturated heterocycles. The van der Waals surface area contributed by atoms with Gasteiger partial charge >= 0.3 is 0 Å². The fraction of sp³-hybridized carbons (Fsp3) is 0.667. The fourth-order valence-electron chi connectivity index (χ4n) is 2.99. The SMILES string of the molecule is C[C@H]1O[C@@H](CC=O)[C@H](O[Si](C)(C)C(C)(C)C)C[C@@H]1OCc1ccccc1. The summed E-state index contributed by atoms with van der Waals surface area (Å²) in [7, 11) is -1.95. The highest BCUT2D eigenvalue weighted by molar-refractivity contribution is 6.74. The maximum absolute atomic E-state index is 11.1. The number of aldehydes is 1. The molecule has 0 unspecified atom stereocenters. The highest BCUT2D eigenvalue weighted by Crippen LogP contribution is 2.40. The van der Waals surface area contributed by atoms with E-state index in [0.29, 0.717) is 13.0 Å². The van der Waals surface area contributed by atoms with Crippen molar-refractivity contribution in [2.75, 3.05) is 0 Å². The lowest BCUT2D eigenvalue weighted by atomic mass is 9.97. The molecular formula is C21H34O4Si. The lowest BCUT2D eigenvalue weighted by Crippen LogP contribution is -2.54. The molecule has 0 aromatic heterocycles. The third kappa shape index (κ3) is 5.49. The molecule has 1 fully saturated rings. The summed E-state index contributed by atoms with van der Waals surface area (Å²) in [5.41, 5.74) is 1.15. The first kappa shape index (κ1) is 21.3. The zero-order valence-corrected chi connectivity index (χ0v) is 18.0. The summed E-state index contributed by atoms with van der Waals surface area (Å²) in [5.74, 6) is 0. The van der Waals surface area contributed by atoms with E-state index in [9.17, 15) is 4.79 Å². The van der Waals surface area contributed by atoms with E-state index in [1.807, 2.05) is 25.1 Å². The maximum atomic E-state index is 11.1. The first-order valence-corrected chi connectivity index (χ1v) is 12.5. The number of carbonyl (C=O) groups excluding carboxylic acids is 1. The van der Waals surface area contributed by atoms with E-state index in [1.54, 1.807) is 0 Å². The molecule has 0 radical (unpaired) electrons. The van der Waals surface area contributed by atoms with Crippen LogP contribution >= 0.6 is 0 Å². The molecule has 4 atom stereocenters. The summed E-state index contributed by atoms with van der Waals surface area (Å²) >= 11 is 0. The van der Waals surface area contributed by atoms with Crippen molar-refractivity contribution in [2.45, 2.75) is 89.7 Å². The maximum Gasteiger partial charge on any atom is 0.192 e. The van der Waals surface area contributed by atoms with Crippen LogP contribution in [0.2, 0.25) is 18.1 Å². The summed E-state index contributed by atoms with van der Waals surface area (Å²) in [4.78, 5) is 11.1. The third-order valence-electron chi connectivity index (χ3n) is 5.68. The quantitative estimate of drug-likeness (QED) is 0.508. The van der Waals surface area contributed by atoms with Crippen molar-refractivity contribution in [3.05, 3.63) is 35.9 Å². The Labute approximate surface area is 159 Å². The van der Waals surface area contributed by atoms with Crippen LogP contribution in [0, 0.1) is 0 Å². The van der Waals surface area contributed by atoms with Gasteiger partial charge in [0.05, 0.1) is 31.0 Å². The number of rotatable bonds is 7. The van der Waals surface area contributed by atoms with Gasteiger partial charge in [0.25, 0.3) is 0 Å². The van der Waals surface area contributed by atoms with E-state index in [1.165, 1.54) is 0 Å². The Morgan fingerprint density at radius 2 is 1.85 bits per heavy atom. The highest BCUT2D eigenvalue weighted by atomic mass is 28.4. The van der Waals surface area contributed by atoms with Crippen LogP contribution in [0.4, 0.5) is 0 Å². The van der Waals surface area contributed by atoms with Gasteiger partial charge in [-0.1, -0.05) is 51.1 Å². The van der Waals surface area contributed by atoms with Crippen molar-refractivity contribution >= 4 is 14.6 Å². The van der Waals surface area contributed by atoms with Gasteiger partial charge in [0, 0.05) is 12.8 Å². The van der Waals surface area contributed by atoms with Gasteiger partial charge in [0.1, 0.15) is 6.29 Å². The normalized spacial score (nSPS) is 27.3. The van der Waals surface area contributed by atoms with Gasteiger partial charge in [-0.25, -0.2) is 0 Å². The average molecular weight is 379 g/mol. The number of benzene rings is 1. The molecule has 0 spiro atoms. The summed E-state index contributed by atoms with van der Waals surface area (Å²) in [6, 6.07) is 10.2. The van der Waals surface area contributed by atoms with Gasteiger partial charge in [-0.15, -0.1) is 0 Å². The Bertz CT molecular complexity index is 567. The molecule has 5 heteroatoms. The lowest BCUT2D eigenvalue weighted by Gasteiger charge is -2.45. The molecule has 0 amide bonds. The molecule has 1 aliphatic rings. The van der Waals surface area contributed by atoms with Gasteiger partial charge in [0.15, 0.2) is 8.32 Å². The molecular weight excluding hydrogens is 344 g/mol. The van der Waals surface area contributed by atoms with E-state index in [4.69, 9.17) is 13.9 Å². The molecule has 1 aromatic rings. The number of ether oxygens (including phenoxy) is 2. The van der Waals surface area contributed by atoms with E-state index in [-0.39, 0.29) is 29.5 Å².